The number of aromatic nitrogens is 2. The Morgan fingerprint density at radius 3 is 2.81 bits per heavy atom. The van der Waals surface area contributed by atoms with Crippen LogP contribution in [0.2, 0.25) is 0 Å². The molecule has 0 aromatic carbocycles. The molecule has 0 aliphatic carbocycles. The van der Waals surface area contributed by atoms with Gasteiger partial charge in [0.05, 0.1) is 5.39 Å². The fourth-order valence-corrected chi connectivity index (χ4v) is 1.82. The van der Waals surface area contributed by atoms with Crippen LogP contribution >= 0.6 is 0 Å². The molecule has 0 saturated carbocycles. The van der Waals surface area contributed by atoms with E-state index in [0.29, 0.717) is 17.0 Å². The molecule has 16 heavy (non-hydrogen) atoms. The van der Waals surface area contributed by atoms with Gasteiger partial charge in [-0.2, -0.15) is 0 Å². The third kappa shape index (κ3) is 2.13. The van der Waals surface area contributed by atoms with Gasteiger partial charge in [-0.15, -0.1) is 0 Å². The molecule has 3 nitrogen and oxygen atoms in total. The number of hydrogen-bond donors (Lipinski definition) is 1. The fourth-order valence-electron chi connectivity index (χ4n) is 1.82. The lowest BCUT2D eigenvalue weighted by Gasteiger charge is -2.06. The minimum Gasteiger partial charge on any atom is -0.343 e. The van der Waals surface area contributed by atoms with Crippen LogP contribution in [0.25, 0.3) is 11.0 Å². The highest BCUT2D eigenvalue weighted by molar-refractivity contribution is 5.74. The largest absolute Gasteiger partial charge is 0.343 e. The molecule has 0 saturated heterocycles. The number of fused-ring (bicyclic) bond motifs is 1. The van der Waals surface area contributed by atoms with Gasteiger partial charge in [-0.1, -0.05) is 13.8 Å². The topological polar surface area (TPSA) is 45.8 Å². The molecule has 0 spiro atoms. The van der Waals surface area contributed by atoms with Gasteiger partial charge in [0.25, 0.3) is 0 Å². The Morgan fingerprint density at radius 1 is 1.38 bits per heavy atom. The van der Waals surface area contributed by atoms with E-state index in [4.69, 9.17) is 0 Å². The van der Waals surface area contributed by atoms with Crippen LogP contribution in [0, 0.1) is 12.8 Å². The predicted octanol–water partition coefficient (Wildman–Crippen LogP) is 2.43. The maximum absolute atomic E-state index is 11.8. The molecule has 0 radical (unpaired) electrons. The van der Waals surface area contributed by atoms with E-state index < -0.39 is 0 Å². The quantitative estimate of drug-likeness (QED) is 0.838. The van der Waals surface area contributed by atoms with Crippen molar-refractivity contribution >= 4 is 11.0 Å². The van der Waals surface area contributed by atoms with Crippen LogP contribution in [0.3, 0.4) is 0 Å². The van der Waals surface area contributed by atoms with E-state index in [1.165, 1.54) is 0 Å². The first kappa shape index (κ1) is 10.9. The zero-order valence-corrected chi connectivity index (χ0v) is 9.87. The van der Waals surface area contributed by atoms with Crippen molar-refractivity contribution in [1.29, 1.82) is 0 Å². The molecule has 2 heterocycles. The molecule has 0 aliphatic heterocycles. The Kier molecular flexibility index (Phi) is 2.77. The molecule has 0 unspecified atom stereocenters. The summed E-state index contributed by atoms with van der Waals surface area (Å²) in [6, 6.07) is 5.37. The first-order valence-electron chi connectivity index (χ1n) is 5.56. The maximum atomic E-state index is 11.8. The highest BCUT2D eigenvalue weighted by Gasteiger charge is 2.04. The van der Waals surface area contributed by atoms with Gasteiger partial charge in [-0.3, -0.25) is 4.79 Å². The van der Waals surface area contributed by atoms with Gasteiger partial charge in [0.15, 0.2) is 5.43 Å². The third-order valence-corrected chi connectivity index (χ3v) is 2.51. The maximum Gasteiger partial charge on any atom is 0.191 e. The van der Waals surface area contributed by atoms with Gasteiger partial charge in [0.1, 0.15) is 5.65 Å². The summed E-state index contributed by atoms with van der Waals surface area (Å²) in [5.74, 6) is 0.526. The third-order valence-electron chi connectivity index (χ3n) is 2.51. The van der Waals surface area contributed by atoms with E-state index in [2.05, 4.69) is 23.8 Å². The Labute approximate surface area is 94.5 Å². The molecule has 2 aromatic rings. The van der Waals surface area contributed by atoms with Crippen LogP contribution in [0.1, 0.15) is 25.2 Å². The molecule has 0 bridgehead atoms. The van der Waals surface area contributed by atoms with Gasteiger partial charge < -0.3 is 4.98 Å². The lowest BCUT2D eigenvalue weighted by Crippen LogP contribution is -2.08. The summed E-state index contributed by atoms with van der Waals surface area (Å²) in [5, 5.41) is 0.665. The van der Waals surface area contributed by atoms with Crippen LogP contribution in [0.15, 0.2) is 23.0 Å². The average Bonchev–Trinajstić information content (AvgIpc) is 2.15. The predicted molar refractivity (Wildman–Crippen MR) is 65.6 cm³/mol. The van der Waals surface area contributed by atoms with Crippen molar-refractivity contribution in [2.75, 3.05) is 0 Å². The van der Waals surface area contributed by atoms with E-state index in [9.17, 15) is 4.79 Å². The lowest BCUT2D eigenvalue weighted by atomic mass is 10.1. The standard InChI is InChI=1S/C13H16N2O/c1-8(2)6-10-7-12(16)11-5-4-9(3)14-13(11)15-10/h4-5,7-8H,6H2,1-3H3,(H,14,15,16). The molecule has 1 N–H and O–H groups in total. The number of hydrogen-bond acceptors (Lipinski definition) is 2. The number of rotatable bonds is 2. The minimum atomic E-state index is 0.0527. The van der Waals surface area contributed by atoms with Gasteiger partial charge in [-0.25, -0.2) is 4.98 Å². The number of nitrogens with zero attached hydrogens (tertiary/aromatic N) is 1. The van der Waals surface area contributed by atoms with Gasteiger partial charge in [0.2, 0.25) is 0 Å². The van der Waals surface area contributed by atoms with E-state index >= 15 is 0 Å². The van der Waals surface area contributed by atoms with Crippen LogP contribution < -0.4 is 5.43 Å². The normalized spacial score (nSPS) is 11.2. The van der Waals surface area contributed by atoms with E-state index in [1.807, 2.05) is 19.1 Å². The average molecular weight is 216 g/mol. The smallest absolute Gasteiger partial charge is 0.191 e. The molecule has 2 rings (SSSR count). The molecule has 3 heteroatoms. The van der Waals surface area contributed by atoms with Crippen molar-refractivity contribution in [3.8, 4) is 0 Å². The number of pyridine rings is 2. The SMILES string of the molecule is Cc1ccc2c(=O)cc(CC(C)C)[nH]c2n1. The monoisotopic (exact) mass is 216 g/mol. The zero-order chi connectivity index (χ0) is 11.7. The highest BCUT2D eigenvalue weighted by atomic mass is 16.1. The first-order valence-corrected chi connectivity index (χ1v) is 5.56. The van der Waals surface area contributed by atoms with Gasteiger partial charge >= 0.3 is 0 Å². The highest BCUT2D eigenvalue weighted by Crippen LogP contribution is 2.09. The van der Waals surface area contributed by atoms with Crippen molar-refractivity contribution in [1.82, 2.24) is 9.97 Å². The Balaban J connectivity index is 2.61. The van der Waals surface area contributed by atoms with Crippen LogP contribution in [0.4, 0.5) is 0 Å². The molecule has 2 aromatic heterocycles. The Hall–Kier alpha value is -1.64. The van der Waals surface area contributed by atoms with Crippen LogP contribution in [0.5, 0.6) is 0 Å². The number of aryl methyl sites for hydroxylation is 1. The molecular formula is C13H16N2O. The van der Waals surface area contributed by atoms with Crippen LogP contribution in [-0.4, -0.2) is 9.97 Å². The number of aromatic amines is 1. The Bertz CT molecular complexity index is 570. The summed E-state index contributed by atoms with van der Waals surface area (Å²) in [7, 11) is 0. The first-order chi connectivity index (χ1) is 7.56. The molecule has 0 amide bonds. The molecule has 84 valence electrons. The summed E-state index contributed by atoms with van der Waals surface area (Å²) < 4.78 is 0. The summed E-state index contributed by atoms with van der Waals surface area (Å²) in [6.45, 7) is 6.19. The second kappa shape index (κ2) is 4.08. The Morgan fingerprint density at radius 2 is 2.12 bits per heavy atom. The summed E-state index contributed by atoms with van der Waals surface area (Å²) >= 11 is 0. The van der Waals surface area contributed by atoms with Crippen molar-refractivity contribution < 1.29 is 0 Å². The minimum absolute atomic E-state index is 0.0527. The molecule has 0 fully saturated rings. The molecular weight excluding hydrogens is 200 g/mol. The number of nitrogens with one attached hydrogen (secondary N) is 1. The fraction of sp³-hybridized carbons (Fsp3) is 0.385. The van der Waals surface area contributed by atoms with E-state index in [-0.39, 0.29) is 5.43 Å². The van der Waals surface area contributed by atoms with E-state index in [1.54, 1.807) is 6.07 Å². The second-order valence-corrected chi connectivity index (χ2v) is 4.61. The van der Waals surface area contributed by atoms with E-state index in [0.717, 1.165) is 17.8 Å². The van der Waals surface area contributed by atoms with Crippen molar-refractivity contribution in [2.45, 2.75) is 27.2 Å². The summed E-state index contributed by atoms with van der Waals surface area (Å²) in [6.07, 6.45) is 0.876. The molecule has 0 aliphatic rings. The number of H-pyrrole nitrogens is 1. The summed E-state index contributed by atoms with van der Waals surface area (Å²) in [5.41, 5.74) is 2.63. The summed E-state index contributed by atoms with van der Waals surface area (Å²) in [4.78, 5) is 19.4. The molecule has 0 atom stereocenters. The van der Waals surface area contributed by atoms with Gasteiger partial charge in [0, 0.05) is 17.5 Å². The second-order valence-electron chi connectivity index (χ2n) is 4.61. The van der Waals surface area contributed by atoms with Crippen molar-refractivity contribution in [3.05, 3.63) is 39.8 Å². The van der Waals surface area contributed by atoms with Crippen molar-refractivity contribution in [3.63, 3.8) is 0 Å². The zero-order valence-electron chi connectivity index (χ0n) is 9.87. The van der Waals surface area contributed by atoms with Crippen LogP contribution in [-0.2, 0) is 6.42 Å². The lowest BCUT2D eigenvalue weighted by molar-refractivity contribution is 0.636. The van der Waals surface area contributed by atoms with Crippen molar-refractivity contribution in [2.24, 2.45) is 5.92 Å². The van der Waals surface area contributed by atoms with Gasteiger partial charge in [-0.05, 0) is 31.4 Å².